The summed E-state index contributed by atoms with van der Waals surface area (Å²) in [7, 11) is 0. The fraction of sp³-hybridized carbons (Fsp3) is 0.364. The van der Waals surface area contributed by atoms with E-state index in [2.05, 4.69) is 4.99 Å². The van der Waals surface area contributed by atoms with Crippen molar-refractivity contribution in [3.63, 3.8) is 0 Å². The number of hydrogen-bond acceptors (Lipinski definition) is 2. The minimum Gasteiger partial charge on any atom is -0.481 e. The van der Waals surface area contributed by atoms with Crippen LogP contribution in [0.15, 0.2) is 35.3 Å². The maximum atomic E-state index is 5.35. The van der Waals surface area contributed by atoms with Crippen molar-refractivity contribution >= 4 is 11.6 Å². The topological polar surface area (TPSA) is 21.6 Å². The Balaban J connectivity index is 2.73. The average molecular weight is 177 g/mol. The lowest BCUT2D eigenvalue weighted by Gasteiger charge is -2.03. The summed E-state index contributed by atoms with van der Waals surface area (Å²) in [4.78, 5) is 4.36. The first-order valence-electron chi connectivity index (χ1n) is 4.62. The van der Waals surface area contributed by atoms with Crippen LogP contribution in [0.1, 0.15) is 20.3 Å². The second-order valence-corrected chi connectivity index (χ2v) is 2.63. The summed E-state index contributed by atoms with van der Waals surface area (Å²) in [5.74, 6) is 0.800. The van der Waals surface area contributed by atoms with Crippen LogP contribution < -0.4 is 0 Å². The van der Waals surface area contributed by atoms with Crippen molar-refractivity contribution < 1.29 is 4.74 Å². The number of rotatable bonds is 3. The van der Waals surface area contributed by atoms with Crippen LogP contribution in [-0.2, 0) is 4.74 Å². The summed E-state index contributed by atoms with van der Waals surface area (Å²) < 4.78 is 5.35. The van der Waals surface area contributed by atoms with E-state index in [9.17, 15) is 0 Å². The van der Waals surface area contributed by atoms with E-state index < -0.39 is 0 Å². The molecule has 1 rings (SSSR count). The molecule has 0 heterocycles. The Hall–Kier alpha value is -1.31. The molecule has 0 spiro atoms. The maximum Gasteiger partial charge on any atom is 0.188 e. The fourth-order valence-corrected chi connectivity index (χ4v) is 1.03. The van der Waals surface area contributed by atoms with E-state index in [1.807, 2.05) is 44.2 Å². The first-order valence-corrected chi connectivity index (χ1v) is 4.62. The molecule has 70 valence electrons. The molecule has 2 heteroatoms. The molecule has 0 fully saturated rings. The Labute approximate surface area is 79.3 Å². The van der Waals surface area contributed by atoms with E-state index in [-0.39, 0.29) is 0 Å². The van der Waals surface area contributed by atoms with Gasteiger partial charge in [-0.1, -0.05) is 25.1 Å². The second kappa shape index (κ2) is 5.36. The van der Waals surface area contributed by atoms with E-state index in [0.29, 0.717) is 6.61 Å². The van der Waals surface area contributed by atoms with Crippen molar-refractivity contribution in [3.05, 3.63) is 30.3 Å². The Morgan fingerprint density at radius 2 is 1.92 bits per heavy atom. The van der Waals surface area contributed by atoms with E-state index in [0.717, 1.165) is 18.0 Å². The predicted octanol–water partition coefficient (Wildman–Crippen LogP) is 3.16. The number of ether oxygens (including phenoxy) is 1. The third-order valence-electron chi connectivity index (χ3n) is 1.62. The van der Waals surface area contributed by atoms with Gasteiger partial charge in [-0.15, -0.1) is 0 Å². The first-order chi connectivity index (χ1) is 6.36. The normalized spacial score (nSPS) is 11.4. The minimum atomic E-state index is 0.680. The van der Waals surface area contributed by atoms with Gasteiger partial charge in [-0.05, 0) is 19.1 Å². The highest BCUT2D eigenvalue weighted by atomic mass is 16.5. The van der Waals surface area contributed by atoms with Gasteiger partial charge in [-0.2, -0.15) is 0 Å². The molecule has 0 aliphatic heterocycles. The number of hydrogen-bond donors (Lipinski definition) is 0. The molecule has 0 atom stereocenters. The van der Waals surface area contributed by atoms with Gasteiger partial charge in [0.15, 0.2) is 5.90 Å². The molecule has 0 radical (unpaired) electrons. The smallest absolute Gasteiger partial charge is 0.188 e. The van der Waals surface area contributed by atoms with Crippen LogP contribution in [0.4, 0.5) is 5.69 Å². The summed E-state index contributed by atoms with van der Waals surface area (Å²) in [6.07, 6.45) is 0.836. The SMILES string of the molecule is CCO/C(CC)=N/c1ccccc1. The van der Waals surface area contributed by atoms with Crippen molar-refractivity contribution in [2.45, 2.75) is 20.3 Å². The summed E-state index contributed by atoms with van der Waals surface area (Å²) in [5.41, 5.74) is 0.952. The fourth-order valence-electron chi connectivity index (χ4n) is 1.03. The van der Waals surface area contributed by atoms with Crippen molar-refractivity contribution in [2.24, 2.45) is 4.99 Å². The quantitative estimate of drug-likeness (QED) is 0.513. The van der Waals surface area contributed by atoms with Crippen LogP contribution >= 0.6 is 0 Å². The molecule has 0 saturated heterocycles. The van der Waals surface area contributed by atoms with Gasteiger partial charge in [-0.3, -0.25) is 0 Å². The largest absolute Gasteiger partial charge is 0.481 e. The third kappa shape index (κ3) is 3.28. The van der Waals surface area contributed by atoms with Crippen LogP contribution in [-0.4, -0.2) is 12.5 Å². The summed E-state index contributed by atoms with van der Waals surface area (Å²) in [6, 6.07) is 9.85. The van der Waals surface area contributed by atoms with E-state index in [4.69, 9.17) is 4.74 Å². The van der Waals surface area contributed by atoms with Gasteiger partial charge in [0, 0.05) is 6.42 Å². The lowest BCUT2D eigenvalue weighted by molar-refractivity contribution is 0.319. The zero-order valence-electron chi connectivity index (χ0n) is 8.16. The van der Waals surface area contributed by atoms with E-state index in [1.165, 1.54) is 0 Å². The van der Waals surface area contributed by atoms with Gasteiger partial charge in [0.05, 0.1) is 12.3 Å². The molecule has 2 nitrogen and oxygen atoms in total. The molecule has 0 saturated carbocycles. The van der Waals surface area contributed by atoms with Gasteiger partial charge < -0.3 is 4.74 Å². The molecule has 0 aromatic heterocycles. The molecular formula is C11H15NO. The highest BCUT2D eigenvalue weighted by Crippen LogP contribution is 2.11. The van der Waals surface area contributed by atoms with Gasteiger partial charge in [-0.25, -0.2) is 4.99 Å². The molecule has 0 bridgehead atoms. The number of aliphatic imine (C=N–C) groups is 1. The Morgan fingerprint density at radius 1 is 1.23 bits per heavy atom. The van der Waals surface area contributed by atoms with E-state index in [1.54, 1.807) is 0 Å². The van der Waals surface area contributed by atoms with Gasteiger partial charge in [0.25, 0.3) is 0 Å². The third-order valence-corrected chi connectivity index (χ3v) is 1.62. The molecule has 0 aliphatic rings. The molecule has 0 N–H and O–H groups in total. The van der Waals surface area contributed by atoms with Crippen LogP contribution in [0, 0.1) is 0 Å². The highest BCUT2D eigenvalue weighted by Gasteiger charge is 1.94. The average Bonchev–Trinajstić information content (AvgIpc) is 2.19. The van der Waals surface area contributed by atoms with Crippen LogP contribution in [0.2, 0.25) is 0 Å². The van der Waals surface area contributed by atoms with Crippen LogP contribution in [0.3, 0.4) is 0 Å². The zero-order chi connectivity index (χ0) is 9.52. The molecule has 0 amide bonds. The van der Waals surface area contributed by atoms with Crippen LogP contribution in [0.5, 0.6) is 0 Å². The highest BCUT2D eigenvalue weighted by molar-refractivity contribution is 5.78. The Kier molecular flexibility index (Phi) is 4.03. The van der Waals surface area contributed by atoms with E-state index >= 15 is 0 Å². The minimum absolute atomic E-state index is 0.680. The monoisotopic (exact) mass is 177 g/mol. The zero-order valence-corrected chi connectivity index (χ0v) is 8.16. The number of benzene rings is 1. The molecule has 0 aliphatic carbocycles. The predicted molar refractivity (Wildman–Crippen MR) is 55.5 cm³/mol. The van der Waals surface area contributed by atoms with Crippen LogP contribution in [0.25, 0.3) is 0 Å². The molecule has 13 heavy (non-hydrogen) atoms. The second-order valence-electron chi connectivity index (χ2n) is 2.63. The Bertz CT molecular complexity index is 267. The standard InChI is InChI=1S/C11H15NO/c1-3-11(13-4-2)12-10-8-6-5-7-9-10/h5-9H,3-4H2,1-2H3/b12-11+. The van der Waals surface area contributed by atoms with Crippen molar-refractivity contribution in [3.8, 4) is 0 Å². The number of nitrogens with zero attached hydrogens (tertiary/aromatic N) is 1. The summed E-state index contributed by atoms with van der Waals surface area (Å²) >= 11 is 0. The molecule has 0 unspecified atom stereocenters. The van der Waals surface area contributed by atoms with Gasteiger partial charge in [0.1, 0.15) is 0 Å². The van der Waals surface area contributed by atoms with Crippen molar-refractivity contribution in [1.29, 1.82) is 0 Å². The Morgan fingerprint density at radius 3 is 2.46 bits per heavy atom. The van der Waals surface area contributed by atoms with Gasteiger partial charge in [0.2, 0.25) is 0 Å². The summed E-state index contributed by atoms with van der Waals surface area (Å²) in [6.45, 7) is 4.69. The molecule has 1 aromatic rings. The first kappa shape index (κ1) is 9.78. The van der Waals surface area contributed by atoms with Crippen molar-refractivity contribution in [2.75, 3.05) is 6.61 Å². The number of para-hydroxylation sites is 1. The maximum absolute atomic E-state index is 5.35. The summed E-state index contributed by atoms with van der Waals surface area (Å²) in [5, 5.41) is 0. The molecular weight excluding hydrogens is 162 g/mol. The van der Waals surface area contributed by atoms with Crippen molar-refractivity contribution in [1.82, 2.24) is 0 Å². The molecule has 1 aromatic carbocycles. The van der Waals surface area contributed by atoms with Gasteiger partial charge >= 0.3 is 0 Å². The lowest BCUT2D eigenvalue weighted by atomic mass is 10.3. The lowest BCUT2D eigenvalue weighted by Crippen LogP contribution is -2.01.